The van der Waals surface area contributed by atoms with Crippen LogP contribution in [-0.2, 0) is 0 Å². The van der Waals surface area contributed by atoms with E-state index in [0.717, 1.165) is 15.9 Å². The van der Waals surface area contributed by atoms with Gasteiger partial charge >= 0.3 is 0 Å². The van der Waals surface area contributed by atoms with Gasteiger partial charge in [0, 0.05) is 21.6 Å². The Morgan fingerprint density at radius 2 is 1.81 bits per heavy atom. The number of anilines is 1. The van der Waals surface area contributed by atoms with Gasteiger partial charge in [0.15, 0.2) is 0 Å². The van der Waals surface area contributed by atoms with Crippen LogP contribution in [0, 0.1) is 0 Å². The molecule has 1 unspecified atom stereocenters. The fourth-order valence-electron chi connectivity index (χ4n) is 1.73. The number of nitrogens with one attached hydrogen (secondary N) is 1. The molecule has 0 aromatic heterocycles. The molecule has 2 aromatic rings. The predicted molar refractivity (Wildman–Crippen MR) is 92.4 cm³/mol. The molecule has 2 N–H and O–H groups in total. The first kappa shape index (κ1) is 16.2. The SMILES string of the molecule is CSc1ccc(NCC(O)COc2ccc(Br)cc2)cc1. The molecule has 0 heterocycles. The monoisotopic (exact) mass is 367 g/mol. The normalized spacial score (nSPS) is 12.0. The van der Waals surface area contributed by atoms with Gasteiger partial charge in [-0.25, -0.2) is 0 Å². The van der Waals surface area contributed by atoms with Gasteiger partial charge < -0.3 is 15.2 Å². The summed E-state index contributed by atoms with van der Waals surface area (Å²) in [6.07, 6.45) is 1.49. The Hall–Kier alpha value is -1.17. The van der Waals surface area contributed by atoms with E-state index in [4.69, 9.17) is 4.74 Å². The Bertz CT molecular complexity index is 545. The summed E-state index contributed by atoms with van der Waals surface area (Å²) in [5.41, 5.74) is 0.996. The Kier molecular flexibility index (Phi) is 6.42. The lowest BCUT2D eigenvalue weighted by Gasteiger charge is -2.14. The number of aliphatic hydroxyl groups is 1. The van der Waals surface area contributed by atoms with Crippen LogP contribution in [0.4, 0.5) is 5.69 Å². The fraction of sp³-hybridized carbons (Fsp3) is 0.250. The number of aliphatic hydroxyl groups excluding tert-OH is 1. The van der Waals surface area contributed by atoms with Crippen molar-refractivity contribution in [1.29, 1.82) is 0 Å². The Balaban J connectivity index is 1.73. The van der Waals surface area contributed by atoms with Crippen LogP contribution in [-0.4, -0.2) is 30.6 Å². The molecule has 0 fully saturated rings. The highest BCUT2D eigenvalue weighted by Gasteiger charge is 2.05. The number of rotatable bonds is 7. The maximum atomic E-state index is 9.93. The van der Waals surface area contributed by atoms with Crippen molar-refractivity contribution in [1.82, 2.24) is 0 Å². The van der Waals surface area contributed by atoms with Crippen molar-refractivity contribution in [3.63, 3.8) is 0 Å². The second-order valence-electron chi connectivity index (χ2n) is 4.53. The van der Waals surface area contributed by atoms with Crippen LogP contribution in [0.5, 0.6) is 5.75 Å². The second kappa shape index (κ2) is 8.32. The molecule has 1 atom stereocenters. The number of hydrogen-bond donors (Lipinski definition) is 2. The summed E-state index contributed by atoms with van der Waals surface area (Å²) >= 11 is 5.08. The topological polar surface area (TPSA) is 41.5 Å². The molecule has 21 heavy (non-hydrogen) atoms. The molecule has 0 amide bonds. The molecule has 0 aliphatic heterocycles. The zero-order valence-corrected chi connectivity index (χ0v) is 14.2. The molecule has 0 aliphatic carbocycles. The van der Waals surface area contributed by atoms with Crippen LogP contribution in [0.1, 0.15) is 0 Å². The van der Waals surface area contributed by atoms with Crippen molar-refractivity contribution in [2.45, 2.75) is 11.0 Å². The van der Waals surface area contributed by atoms with E-state index < -0.39 is 6.10 Å². The van der Waals surface area contributed by atoms with Gasteiger partial charge in [-0.2, -0.15) is 0 Å². The summed E-state index contributed by atoms with van der Waals surface area (Å²) in [6, 6.07) is 15.7. The molecule has 0 spiro atoms. The number of ether oxygens (including phenoxy) is 1. The molecular weight excluding hydrogens is 350 g/mol. The smallest absolute Gasteiger partial charge is 0.119 e. The summed E-state index contributed by atoms with van der Waals surface area (Å²) < 4.78 is 6.54. The zero-order chi connectivity index (χ0) is 15.1. The van der Waals surface area contributed by atoms with E-state index in [9.17, 15) is 5.11 Å². The summed E-state index contributed by atoms with van der Waals surface area (Å²) in [5, 5.41) is 13.1. The first-order valence-corrected chi connectivity index (χ1v) is 8.63. The first-order chi connectivity index (χ1) is 10.2. The fourth-order valence-corrected chi connectivity index (χ4v) is 2.40. The van der Waals surface area contributed by atoms with Crippen LogP contribution in [0.2, 0.25) is 0 Å². The molecule has 3 nitrogen and oxygen atoms in total. The predicted octanol–water partition coefficient (Wildman–Crippen LogP) is 4.02. The summed E-state index contributed by atoms with van der Waals surface area (Å²) in [5.74, 6) is 0.751. The average molecular weight is 368 g/mol. The van der Waals surface area contributed by atoms with E-state index in [-0.39, 0.29) is 6.61 Å². The molecule has 5 heteroatoms. The third-order valence-corrected chi connectivity index (χ3v) is 4.16. The standard InChI is InChI=1S/C16H18BrNO2S/c1-21-16-8-4-13(5-9-16)18-10-14(19)11-20-15-6-2-12(17)3-7-15/h2-9,14,18-19H,10-11H2,1H3. The van der Waals surface area contributed by atoms with E-state index >= 15 is 0 Å². The summed E-state index contributed by atoms with van der Waals surface area (Å²) in [6.45, 7) is 0.715. The minimum Gasteiger partial charge on any atom is -0.491 e. The van der Waals surface area contributed by atoms with E-state index in [1.54, 1.807) is 11.8 Å². The number of thioether (sulfide) groups is 1. The lowest BCUT2D eigenvalue weighted by Crippen LogP contribution is -2.26. The molecular formula is C16H18BrNO2S. The minimum absolute atomic E-state index is 0.261. The highest BCUT2D eigenvalue weighted by atomic mass is 79.9. The van der Waals surface area contributed by atoms with E-state index in [2.05, 4.69) is 33.4 Å². The van der Waals surface area contributed by atoms with Gasteiger partial charge in [-0.15, -0.1) is 11.8 Å². The third-order valence-electron chi connectivity index (χ3n) is 2.89. The maximum Gasteiger partial charge on any atom is 0.119 e. The maximum absolute atomic E-state index is 9.93. The lowest BCUT2D eigenvalue weighted by molar-refractivity contribution is 0.117. The largest absolute Gasteiger partial charge is 0.491 e. The van der Waals surface area contributed by atoms with E-state index in [0.29, 0.717) is 6.54 Å². The molecule has 112 valence electrons. The zero-order valence-electron chi connectivity index (χ0n) is 11.8. The number of benzene rings is 2. The number of hydrogen-bond acceptors (Lipinski definition) is 4. The highest BCUT2D eigenvalue weighted by molar-refractivity contribution is 9.10. The Labute approximate surface area is 137 Å². The van der Waals surface area contributed by atoms with Gasteiger partial charge in [0.25, 0.3) is 0 Å². The molecule has 0 bridgehead atoms. The first-order valence-electron chi connectivity index (χ1n) is 6.62. The van der Waals surface area contributed by atoms with Gasteiger partial charge in [-0.05, 0) is 54.8 Å². The molecule has 2 rings (SSSR count). The highest BCUT2D eigenvalue weighted by Crippen LogP contribution is 2.18. The molecule has 0 saturated heterocycles. The van der Waals surface area contributed by atoms with Crippen molar-refractivity contribution >= 4 is 33.4 Å². The average Bonchev–Trinajstić information content (AvgIpc) is 2.53. The van der Waals surface area contributed by atoms with Crippen molar-refractivity contribution < 1.29 is 9.84 Å². The van der Waals surface area contributed by atoms with Crippen molar-refractivity contribution in [2.75, 3.05) is 24.7 Å². The van der Waals surface area contributed by atoms with Gasteiger partial charge in [-0.3, -0.25) is 0 Å². The van der Waals surface area contributed by atoms with Gasteiger partial charge in [0.05, 0.1) is 0 Å². The van der Waals surface area contributed by atoms with Crippen LogP contribution in [0.3, 0.4) is 0 Å². The van der Waals surface area contributed by atoms with Gasteiger partial charge in [-0.1, -0.05) is 15.9 Å². The van der Waals surface area contributed by atoms with Crippen LogP contribution in [0.15, 0.2) is 57.9 Å². The van der Waals surface area contributed by atoms with Crippen LogP contribution < -0.4 is 10.1 Å². The number of halogens is 1. The Morgan fingerprint density at radius 3 is 2.43 bits per heavy atom. The van der Waals surface area contributed by atoms with Crippen molar-refractivity contribution in [3.05, 3.63) is 53.0 Å². The summed E-state index contributed by atoms with van der Waals surface area (Å²) in [4.78, 5) is 1.22. The molecule has 2 aromatic carbocycles. The van der Waals surface area contributed by atoms with Crippen LogP contribution >= 0.6 is 27.7 Å². The second-order valence-corrected chi connectivity index (χ2v) is 6.32. The summed E-state index contributed by atoms with van der Waals surface area (Å²) in [7, 11) is 0. The van der Waals surface area contributed by atoms with Crippen molar-refractivity contribution in [3.8, 4) is 5.75 Å². The Morgan fingerprint density at radius 1 is 1.14 bits per heavy atom. The van der Waals surface area contributed by atoms with E-state index in [1.807, 2.05) is 42.7 Å². The lowest BCUT2D eigenvalue weighted by atomic mass is 10.3. The molecule has 0 aliphatic rings. The third kappa shape index (κ3) is 5.61. The quantitative estimate of drug-likeness (QED) is 0.725. The van der Waals surface area contributed by atoms with Crippen molar-refractivity contribution in [2.24, 2.45) is 0 Å². The molecule has 0 radical (unpaired) electrons. The van der Waals surface area contributed by atoms with Gasteiger partial charge in [0.2, 0.25) is 0 Å². The van der Waals surface area contributed by atoms with E-state index in [1.165, 1.54) is 4.90 Å². The van der Waals surface area contributed by atoms with Gasteiger partial charge in [0.1, 0.15) is 18.5 Å². The van der Waals surface area contributed by atoms with Crippen LogP contribution in [0.25, 0.3) is 0 Å². The minimum atomic E-state index is -0.561. The molecule has 0 saturated carbocycles.